The molecule has 0 radical (unpaired) electrons. The standard InChI is InChI=1S/C22H26N4O3/c1-15-6-7-18(12-23-15)29-14-16-5-4-8-26(13-16)22-19-10-21(28-3)20(27-2)9-17(19)11-24-25-22/h6-7,9-12,16H,4-5,8,13-14H2,1-3H3. The Balaban J connectivity index is 1.53. The molecule has 3 aromatic rings. The first-order valence-electron chi connectivity index (χ1n) is 9.85. The third-order valence-corrected chi connectivity index (χ3v) is 5.33. The zero-order chi connectivity index (χ0) is 20.2. The van der Waals surface area contributed by atoms with Gasteiger partial charge >= 0.3 is 0 Å². The van der Waals surface area contributed by atoms with Crippen molar-refractivity contribution < 1.29 is 14.2 Å². The molecule has 1 aliphatic rings. The van der Waals surface area contributed by atoms with E-state index in [1.54, 1.807) is 26.6 Å². The summed E-state index contributed by atoms with van der Waals surface area (Å²) < 4.78 is 16.9. The van der Waals surface area contributed by atoms with Crippen molar-refractivity contribution >= 4 is 16.6 Å². The van der Waals surface area contributed by atoms with Crippen LogP contribution < -0.4 is 19.1 Å². The van der Waals surface area contributed by atoms with Gasteiger partial charge in [-0.05, 0) is 44.0 Å². The van der Waals surface area contributed by atoms with Crippen LogP contribution in [0.15, 0.2) is 36.7 Å². The van der Waals surface area contributed by atoms with Gasteiger partial charge in [0.25, 0.3) is 0 Å². The molecule has 1 aliphatic heterocycles. The van der Waals surface area contributed by atoms with E-state index >= 15 is 0 Å². The molecule has 3 heterocycles. The second kappa shape index (κ2) is 8.51. The van der Waals surface area contributed by atoms with E-state index in [2.05, 4.69) is 20.1 Å². The molecular formula is C22H26N4O3. The number of pyridine rings is 1. The number of methoxy groups -OCH3 is 2. The number of hydrogen-bond donors (Lipinski definition) is 0. The highest BCUT2D eigenvalue weighted by atomic mass is 16.5. The predicted molar refractivity (Wildman–Crippen MR) is 112 cm³/mol. The maximum Gasteiger partial charge on any atom is 0.161 e. The van der Waals surface area contributed by atoms with Crippen LogP contribution in [0.3, 0.4) is 0 Å². The molecule has 152 valence electrons. The number of piperidine rings is 1. The Labute approximate surface area is 170 Å². The molecule has 1 unspecified atom stereocenters. The van der Waals surface area contributed by atoms with Crippen LogP contribution in [-0.4, -0.2) is 49.1 Å². The molecule has 0 spiro atoms. The maximum atomic E-state index is 5.98. The third kappa shape index (κ3) is 4.18. The van der Waals surface area contributed by atoms with Crippen LogP contribution in [0.4, 0.5) is 5.82 Å². The van der Waals surface area contributed by atoms with E-state index in [-0.39, 0.29) is 0 Å². The first kappa shape index (κ1) is 19.2. The molecule has 0 amide bonds. The number of benzene rings is 1. The van der Waals surface area contributed by atoms with Crippen LogP contribution in [0.2, 0.25) is 0 Å². The number of anilines is 1. The van der Waals surface area contributed by atoms with Crippen molar-refractivity contribution in [1.29, 1.82) is 0 Å². The number of aromatic nitrogens is 3. The molecule has 1 fully saturated rings. The zero-order valence-electron chi connectivity index (χ0n) is 17.1. The summed E-state index contributed by atoms with van der Waals surface area (Å²) in [5.41, 5.74) is 0.989. The maximum absolute atomic E-state index is 5.98. The van der Waals surface area contributed by atoms with Gasteiger partial charge in [-0.3, -0.25) is 4.98 Å². The fourth-order valence-electron chi connectivity index (χ4n) is 3.78. The molecule has 1 saturated heterocycles. The number of aryl methyl sites for hydroxylation is 1. The minimum absolute atomic E-state index is 0.419. The molecule has 7 heteroatoms. The van der Waals surface area contributed by atoms with Gasteiger partial charge in [0.2, 0.25) is 0 Å². The van der Waals surface area contributed by atoms with Gasteiger partial charge in [0.1, 0.15) is 5.75 Å². The van der Waals surface area contributed by atoms with Crippen LogP contribution >= 0.6 is 0 Å². The van der Waals surface area contributed by atoms with E-state index in [1.807, 2.05) is 31.2 Å². The summed E-state index contributed by atoms with van der Waals surface area (Å²) in [7, 11) is 3.28. The topological polar surface area (TPSA) is 69.6 Å². The van der Waals surface area contributed by atoms with E-state index in [0.29, 0.717) is 24.0 Å². The van der Waals surface area contributed by atoms with Crippen LogP contribution in [0.5, 0.6) is 17.2 Å². The lowest BCUT2D eigenvalue weighted by atomic mass is 9.98. The second-order valence-corrected chi connectivity index (χ2v) is 7.36. The Bertz CT molecular complexity index is 978. The van der Waals surface area contributed by atoms with Gasteiger partial charge in [0.15, 0.2) is 17.3 Å². The Hall–Kier alpha value is -3.09. The Morgan fingerprint density at radius 2 is 1.93 bits per heavy atom. The molecule has 0 saturated carbocycles. The molecule has 2 aromatic heterocycles. The van der Waals surface area contributed by atoms with Gasteiger partial charge in [0, 0.05) is 35.5 Å². The number of ether oxygens (including phenoxy) is 3. The molecule has 0 N–H and O–H groups in total. The van der Waals surface area contributed by atoms with Gasteiger partial charge in [-0.15, -0.1) is 5.10 Å². The van der Waals surface area contributed by atoms with Crippen molar-refractivity contribution in [2.75, 3.05) is 38.8 Å². The average molecular weight is 394 g/mol. The Morgan fingerprint density at radius 1 is 1.10 bits per heavy atom. The second-order valence-electron chi connectivity index (χ2n) is 7.36. The van der Waals surface area contributed by atoms with Gasteiger partial charge in [-0.1, -0.05) is 0 Å². The summed E-state index contributed by atoms with van der Waals surface area (Å²) in [5, 5.41) is 10.7. The van der Waals surface area contributed by atoms with E-state index in [0.717, 1.165) is 54.0 Å². The van der Waals surface area contributed by atoms with Crippen LogP contribution in [0.25, 0.3) is 10.8 Å². The highest BCUT2D eigenvalue weighted by Crippen LogP contribution is 2.36. The van der Waals surface area contributed by atoms with Crippen molar-refractivity contribution in [3.8, 4) is 17.2 Å². The van der Waals surface area contributed by atoms with Crippen molar-refractivity contribution in [2.24, 2.45) is 5.92 Å². The Kier molecular flexibility index (Phi) is 5.64. The minimum atomic E-state index is 0.419. The van der Waals surface area contributed by atoms with Gasteiger partial charge in [0.05, 0.1) is 33.2 Å². The van der Waals surface area contributed by atoms with Crippen molar-refractivity contribution in [3.63, 3.8) is 0 Å². The van der Waals surface area contributed by atoms with Gasteiger partial charge < -0.3 is 19.1 Å². The predicted octanol–water partition coefficient (Wildman–Crippen LogP) is 3.65. The van der Waals surface area contributed by atoms with E-state index in [1.165, 1.54) is 0 Å². The molecular weight excluding hydrogens is 368 g/mol. The largest absolute Gasteiger partial charge is 0.493 e. The lowest BCUT2D eigenvalue weighted by Crippen LogP contribution is -2.38. The highest BCUT2D eigenvalue weighted by Gasteiger charge is 2.24. The smallest absolute Gasteiger partial charge is 0.161 e. The lowest BCUT2D eigenvalue weighted by Gasteiger charge is -2.33. The fraction of sp³-hybridized carbons (Fsp3) is 0.409. The summed E-state index contributed by atoms with van der Waals surface area (Å²) >= 11 is 0. The van der Waals surface area contributed by atoms with E-state index in [9.17, 15) is 0 Å². The van der Waals surface area contributed by atoms with E-state index < -0.39 is 0 Å². The molecule has 0 bridgehead atoms. The molecule has 0 aliphatic carbocycles. The fourth-order valence-corrected chi connectivity index (χ4v) is 3.78. The average Bonchev–Trinajstić information content (AvgIpc) is 2.77. The lowest BCUT2D eigenvalue weighted by molar-refractivity contribution is 0.228. The molecule has 29 heavy (non-hydrogen) atoms. The van der Waals surface area contributed by atoms with Gasteiger partial charge in [-0.25, -0.2) is 0 Å². The van der Waals surface area contributed by atoms with Crippen molar-refractivity contribution in [1.82, 2.24) is 15.2 Å². The van der Waals surface area contributed by atoms with Crippen LogP contribution in [0.1, 0.15) is 18.5 Å². The Morgan fingerprint density at radius 3 is 2.69 bits per heavy atom. The van der Waals surface area contributed by atoms with E-state index in [4.69, 9.17) is 14.2 Å². The number of fused-ring (bicyclic) bond motifs is 1. The molecule has 4 rings (SSSR count). The van der Waals surface area contributed by atoms with Gasteiger partial charge in [-0.2, -0.15) is 5.10 Å². The number of hydrogen-bond acceptors (Lipinski definition) is 7. The van der Waals surface area contributed by atoms with Crippen LogP contribution in [0, 0.1) is 12.8 Å². The number of rotatable bonds is 6. The van der Waals surface area contributed by atoms with Crippen molar-refractivity contribution in [3.05, 3.63) is 42.4 Å². The SMILES string of the molecule is COc1cc2cnnc(N3CCCC(COc4ccc(C)nc4)C3)c2cc1OC. The molecule has 1 aromatic carbocycles. The normalized spacial score (nSPS) is 16.7. The molecule has 1 atom stereocenters. The monoisotopic (exact) mass is 394 g/mol. The first-order valence-corrected chi connectivity index (χ1v) is 9.85. The van der Waals surface area contributed by atoms with Crippen molar-refractivity contribution in [2.45, 2.75) is 19.8 Å². The summed E-state index contributed by atoms with van der Waals surface area (Å²) in [6, 6.07) is 7.87. The summed E-state index contributed by atoms with van der Waals surface area (Å²) in [6.45, 7) is 4.46. The number of nitrogens with zero attached hydrogens (tertiary/aromatic N) is 4. The third-order valence-electron chi connectivity index (χ3n) is 5.33. The molecule has 7 nitrogen and oxygen atoms in total. The van der Waals surface area contributed by atoms with Crippen LogP contribution in [-0.2, 0) is 0 Å². The quantitative estimate of drug-likeness (QED) is 0.632. The summed E-state index contributed by atoms with van der Waals surface area (Å²) in [4.78, 5) is 6.59. The minimum Gasteiger partial charge on any atom is -0.493 e. The summed E-state index contributed by atoms with van der Waals surface area (Å²) in [5.74, 6) is 3.50. The zero-order valence-corrected chi connectivity index (χ0v) is 17.1. The first-order chi connectivity index (χ1) is 14.2. The summed E-state index contributed by atoms with van der Waals surface area (Å²) in [6.07, 6.45) is 5.76. The highest BCUT2D eigenvalue weighted by molar-refractivity contribution is 5.94.